The Labute approximate surface area is 168 Å². The molecule has 2 aromatic carbocycles. The summed E-state index contributed by atoms with van der Waals surface area (Å²) >= 11 is 6.06. The molecule has 144 valence electrons. The number of aromatic nitrogens is 2. The number of halogens is 1. The molecule has 1 fully saturated rings. The predicted molar refractivity (Wildman–Crippen MR) is 108 cm³/mol. The third-order valence-electron chi connectivity index (χ3n) is 5.07. The topological polar surface area (TPSA) is 71.3 Å². The Bertz CT molecular complexity index is 1020. The molecule has 4 rings (SSSR count). The number of nitrogens with one attached hydrogen (secondary N) is 1. The molecule has 0 radical (unpaired) electrons. The van der Waals surface area contributed by atoms with Crippen molar-refractivity contribution < 1.29 is 9.32 Å². The zero-order valence-electron chi connectivity index (χ0n) is 15.8. The van der Waals surface area contributed by atoms with Crippen LogP contribution in [0.4, 0.5) is 10.5 Å². The number of aryl methyl sites for hydroxylation is 2. The molecular weight excluding hydrogens is 376 g/mol. The summed E-state index contributed by atoms with van der Waals surface area (Å²) in [5.41, 5.74) is 3.66. The van der Waals surface area contributed by atoms with Gasteiger partial charge in [0, 0.05) is 22.8 Å². The van der Waals surface area contributed by atoms with Crippen LogP contribution in [0.3, 0.4) is 0 Å². The fourth-order valence-electron chi connectivity index (χ4n) is 3.49. The average Bonchev–Trinajstić information content (AvgIpc) is 3.34. The van der Waals surface area contributed by atoms with E-state index in [4.69, 9.17) is 16.1 Å². The maximum atomic E-state index is 12.9. The van der Waals surface area contributed by atoms with Gasteiger partial charge in [-0.2, -0.15) is 4.98 Å². The molecule has 1 saturated heterocycles. The van der Waals surface area contributed by atoms with Crippen LogP contribution >= 0.6 is 11.6 Å². The van der Waals surface area contributed by atoms with Gasteiger partial charge in [-0.25, -0.2) is 4.79 Å². The van der Waals surface area contributed by atoms with Gasteiger partial charge in [-0.05, 0) is 49.9 Å². The molecular formula is C21H21ClN4O2. The zero-order chi connectivity index (χ0) is 19.7. The van der Waals surface area contributed by atoms with Crippen molar-refractivity contribution in [3.8, 4) is 11.4 Å². The van der Waals surface area contributed by atoms with Gasteiger partial charge in [0.1, 0.15) is 6.04 Å². The number of anilines is 1. The van der Waals surface area contributed by atoms with Gasteiger partial charge in [-0.1, -0.05) is 47.1 Å². The molecule has 0 bridgehead atoms. The lowest BCUT2D eigenvalue weighted by Gasteiger charge is -2.22. The Kier molecular flexibility index (Phi) is 5.05. The molecule has 1 N–H and O–H groups in total. The lowest BCUT2D eigenvalue weighted by Crippen LogP contribution is -2.34. The van der Waals surface area contributed by atoms with Gasteiger partial charge in [0.25, 0.3) is 0 Å². The number of hydrogen-bond acceptors (Lipinski definition) is 4. The summed E-state index contributed by atoms with van der Waals surface area (Å²) in [5, 5.41) is 7.67. The van der Waals surface area contributed by atoms with Crippen LogP contribution in [0.15, 0.2) is 47.0 Å². The fraction of sp³-hybridized carbons (Fsp3) is 0.286. The summed E-state index contributed by atoms with van der Waals surface area (Å²) in [7, 11) is 0. The summed E-state index contributed by atoms with van der Waals surface area (Å²) in [6.45, 7) is 4.58. The first-order chi connectivity index (χ1) is 13.5. The first-order valence-corrected chi connectivity index (χ1v) is 9.64. The minimum atomic E-state index is -0.232. The van der Waals surface area contributed by atoms with Crippen molar-refractivity contribution in [2.75, 3.05) is 11.9 Å². The highest BCUT2D eigenvalue weighted by Crippen LogP contribution is 2.33. The van der Waals surface area contributed by atoms with E-state index < -0.39 is 0 Å². The van der Waals surface area contributed by atoms with Crippen LogP contribution < -0.4 is 5.32 Å². The van der Waals surface area contributed by atoms with E-state index in [9.17, 15) is 4.79 Å². The Morgan fingerprint density at radius 1 is 1.21 bits per heavy atom. The summed E-state index contributed by atoms with van der Waals surface area (Å²) in [6.07, 6.45) is 1.67. The minimum absolute atomic E-state index is 0.191. The quantitative estimate of drug-likeness (QED) is 0.645. The Morgan fingerprint density at radius 2 is 2.04 bits per heavy atom. The number of hydrogen-bond donors (Lipinski definition) is 1. The normalized spacial score (nSPS) is 16.4. The monoisotopic (exact) mass is 396 g/mol. The molecule has 2 amide bonds. The van der Waals surface area contributed by atoms with Crippen LogP contribution in [0.1, 0.15) is 35.9 Å². The third-order valence-corrected chi connectivity index (χ3v) is 5.30. The first kappa shape index (κ1) is 18.5. The van der Waals surface area contributed by atoms with Crippen molar-refractivity contribution >= 4 is 23.3 Å². The van der Waals surface area contributed by atoms with Gasteiger partial charge >= 0.3 is 6.03 Å². The Morgan fingerprint density at radius 3 is 2.86 bits per heavy atom. The van der Waals surface area contributed by atoms with Crippen LogP contribution in [0.2, 0.25) is 5.02 Å². The van der Waals surface area contributed by atoms with Crippen molar-refractivity contribution in [1.82, 2.24) is 15.0 Å². The summed E-state index contributed by atoms with van der Waals surface area (Å²) < 4.78 is 5.53. The fourth-order valence-corrected chi connectivity index (χ4v) is 3.66. The van der Waals surface area contributed by atoms with Crippen LogP contribution in [-0.2, 0) is 0 Å². The van der Waals surface area contributed by atoms with Crippen molar-refractivity contribution in [2.24, 2.45) is 0 Å². The number of likely N-dealkylation sites (tertiary alicyclic amines) is 1. The van der Waals surface area contributed by atoms with Gasteiger partial charge in [0.05, 0.1) is 0 Å². The van der Waals surface area contributed by atoms with Crippen molar-refractivity contribution in [1.29, 1.82) is 0 Å². The number of rotatable bonds is 3. The smallest absolute Gasteiger partial charge is 0.322 e. The second-order valence-corrected chi connectivity index (χ2v) is 7.45. The summed E-state index contributed by atoms with van der Waals surface area (Å²) in [5.74, 6) is 1.01. The maximum Gasteiger partial charge on any atom is 0.322 e. The molecule has 7 heteroatoms. The van der Waals surface area contributed by atoms with E-state index in [1.54, 1.807) is 17.0 Å². The van der Waals surface area contributed by atoms with Gasteiger partial charge in [-0.3, -0.25) is 0 Å². The highest BCUT2D eigenvalue weighted by atomic mass is 35.5. The predicted octanol–water partition coefficient (Wildman–Crippen LogP) is 5.38. The molecule has 2 heterocycles. The first-order valence-electron chi connectivity index (χ1n) is 9.26. The van der Waals surface area contributed by atoms with Crippen LogP contribution in [-0.4, -0.2) is 27.6 Å². The molecule has 1 aromatic heterocycles. The number of carbonyl (C=O) groups excluding carboxylic acids is 1. The third kappa shape index (κ3) is 3.60. The Hall–Kier alpha value is -2.86. The molecule has 0 spiro atoms. The number of amides is 2. The summed E-state index contributed by atoms with van der Waals surface area (Å²) in [4.78, 5) is 19.2. The van der Waals surface area contributed by atoms with Crippen LogP contribution in [0.5, 0.6) is 0 Å². The van der Waals surface area contributed by atoms with E-state index in [0.29, 0.717) is 29.0 Å². The molecule has 1 unspecified atom stereocenters. The van der Waals surface area contributed by atoms with Crippen molar-refractivity contribution in [2.45, 2.75) is 32.7 Å². The van der Waals surface area contributed by atoms with Crippen molar-refractivity contribution in [3.05, 3.63) is 64.5 Å². The molecule has 1 aliphatic rings. The number of nitrogens with zero attached hydrogens (tertiary/aromatic N) is 3. The second kappa shape index (κ2) is 7.64. The standard InChI is InChI=1S/C21H21ClN4O2/c1-13-6-3-4-7-16(13)19-24-20(28-25-19)18-8-5-11-26(18)21(27)23-17-12-15(22)10-9-14(17)2/h3-4,6-7,9-10,12,18H,5,8,11H2,1-2H3,(H,23,27). The molecule has 0 aliphatic carbocycles. The molecule has 1 atom stereocenters. The van der Waals surface area contributed by atoms with Gasteiger partial charge in [0.2, 0.25) is 11.7 Å². The van der Waals surface area contributed by atoms with E-state index in [1.807, 2.05) is 44.2 Å². The largest absolute Gasteiger partial charge is 0.337 e. The second-order valence-electron chi connectivity index (χ2n) is 7.01. The molecule has 3 aromatic rings. The number of urea groups is 1. The molecule has 28 heavy (non-hydrogen) atoms. The van der Waals surface area contributed by atoms with E-state index >= 15 is 0 Å². The van der Waals surface area contributed by atoms with E-state index in [1.165, 1.54) is 0 Å². The molecule has 0 saturated carbocycles. The highest BCUT2D eigenvalue weighted by molar-refractivity contribution is 6.31. The van der Waals surface area contributed by atoms with Crippen molar-refractivity contribution in [3.63, 3.8) is 0 Å². The zero-order valence-corrected chi connectivity index (χ0v) is 16.5. The minimum Gasteiger partial charge on any atom is -0.337 e. The number of benzene rings is 2. The van der Waals surface area contributed by atoms with E-state index in [0.717, 1.165) is 29.5 Å². The Balaban J connectivity index is 1.55. The SMILES string of the molecule is Cc1ccc(Cl)cc1NC(=O)N1CCCC1c1nc(-c2ccccc2C)no1. The van der Waals surface area contributed by atoms with Gasteiger partial charge < -0.3 is 14.7 Å². The van der Waals surface area contributed by atoms with Gasteiger partial charge in [-0.15, -0.1) is 0 Å². The molecule has 6 nitrogen and oxygen atoms in total. The maximum absolute atomic E-state index is 12.9. The highest BCUT2D eigenvalue weighted by Gasteiger charge is 2.34. The van der Waals surface area contributed by atoms with E-state index in [-0.39, 0.29) is 12.1 Å². The van der Waals surface area contributed by atoms with Crippen LogP contribution in [0, 0.1) is 13.8 Å². The van der Waals surface area contributed by atoms with E-state index in [2.05, 4.69) is 15.5 Å². The average molecular weight is 397 g/mol. The lowest BCUT2D eigenvalue weighted by molar-refractivity contribution is 0.193. The van der Waals surface area contributed by atoms with Gasteiger partial charge in [0.15, 0.2) is 0 Å². The summed E-state index contributed by atoms with van der Waals surface area (Å²) in [6, 6.07) is 12.9. The lowest BCUT2D eigenvalue weighted by atomic mass is 10.1. The number of carbonyl (C=O) groups is 1. The molecule has 1 aliphatic heterocycles. The van der Waals surface area contributed by atoms with Crippen LogP contribution in [0.25, 0.3) is 11.4 Å².